The van der Waals surface area contributed by atoms with E-state index in [9.17, 15) is 9.59 Å². The van der Waals surface area contributed by atoms with Crippen LogP contribution in [0.2, 0.25) is 0 Å². The number of fused-ring (bicyclic) bond motifs is 3. The molecule has 0 spiro atoms. The van der Waals surface area contributed by atoms with Crippen molar-refractivity contribution in [2.24, 2.45) is 0 Å². The Morgan fingerprint density at radius 2 is 1.88 bits per heavy atom. The van der Waals surface area contributed by atoms with Gasteiger partial charge in [-0.05, 0) is 69.4 Å². The molecule has 5 rings (SSSR count). The highest BCUT2D eigenvalue weighted by Gasteiger charge is 2.49. The lowest BCUT2D eigenvalue weighted by Gasteiger charge is -2.45. The zero-order valence-corrected chi connectivity index (χ0v) is 21.6. The van der Waals surface area contributed by atoms with Crippen LogP contribution in [0.5, 0.6) is 0 Å². The first kappa shape index (κ1) is 23.2. The van der Waals surface area contributed by atoms with E-state index in [0.29, 0.717) is 12.2 Å². The Morgan fingerprint density at radius 1 is 1.15 bits per heavy atom. The van der Waals surface area contributed by atoms with Crippen LogP contribution < -0.4 is 10.2 Å². The number of aryl methyl sites for hydroxylation is 2. The standard InChI is InChI=1S/C28H35N3O2S/c1-5-21-15-23-25(34-21)16-24-26(32)31(22-14-10-11-18(2)19(22)3)28(4,17-30(23)24)27(33)29-20-12-8-6-7-9-13-20/h10-11,14-16,20H,5-9,12-13,17H2,1-4H3,(H,29,33)/t28-/m1/s1. The number of carbonyl (C=O) groups is 2. The molecule has 0 radical (unpaired) electrons. The predicted octanol–water partition coefficient (Wildman–Crippen LogP) is 6.14. The van der Waals surface area contributed by atoms with Gasteiger partial charge in [0.1, 0.15) is 11.2 Å². The van der Waals surface area contributed by atoms with Crippen molar-refractivity contribution >= 4 is 39.1 Å². The van der Waals surface area contributed by atoms with Gasteiger partial charge in [-0.3, -0.25) is 14.5 Å². The van der Waals surface area contributed by atoms with Crippen LogP contribution >= 0.6 is 11.3 Å². The second kappa shape index (κ2) is 8.88. The third-order valence-corrected chi connectivity index (χ3v) is 9.08. The molecule has 5 nitrogen and oxygen atoms in total. The van der Waals surface area contributed by atoms with Gasteiger partial charge < -0.3 is 9.88 Å². The number of anilines is 1. The highest BCUT2D eigenvalue weighted by Crippen LogP contribution is 2.40. The maximum Gasteiger partial charge on any atom is 0.275 e. The molecule has 2 aliphatic rings. The molecule has 3 heterocycles. The topological polar surface area (TPSA) is 54.3 Å². The summed E-state index contributed by atoms with van der Waals surface area (Å²) in [5, 5.41) is 3.37. The van der Waals surface area contributed by atoms with Crippen LogP contribution in [0.4, 0.5) is 5.69 Å². The highest BCUT2D eigenvalue weighted by molar-refractivity contribution is 7.19. The average molecular weight is 478 g/mol. The van der Waals surface area contributed by atoms with E-state index in [1.165, 1.54) is 17.7 Å². The summed E-state index contributed by atoms with van der Waals surface area (Å²) >= 11 is 1.74. The van der Waals surface area contributed by atoms with Crippen molar-refractivity contribution in [1.29, 1.82) is 0 Å². The zero-order valence-electron chi connectivity index (χ0n) is 20.7. The van der Waals surface area contributed by atoms with Crippen molar-refractivity contribution in [3.05, 3.63) is 52.0 Å². The summed E-state index contributed by atoms with van der Waals surface area (Å²) in [5.41, 5.74) is 3.71. The van der Waals surface area contributed by atoms with E-state index in [1.807, 2.05) is 32.0 Å². The number of carbonyl (C=O) groups excluding carboxylic acids is 2. The first-order chi connectivity index (χ1) is 16.3. The van der Waals surface area contributed by atoms with Crippen molar-refractivity contribution in [2.45, 2.75) is 90.8 Å². The minimum atomic E-state index is -1.02. The van der Waals surface area contributed by atoms with Crippen molar-refractivity contribution < 1.29 is 9.59 Å². The number of nitrogens with one attached hydrogen (secondary N) is 1. The van der Waals surface area contributed by atoms with E-state index in [4.69, 9.17) is 0 Å². The molecule has 1 aliphatic heterocycles. The smallest absolute Gasteiger partial charge is 0.275 e. The lowest BCUT2D eigenvalue weighted by atomic mass is 9.91. The molecule has 1 aliphatic carbocycles. The Kier molecular flexibility index (Phi) is 6.05. The van der Waals surface area contributed by atoms with Crippen LogP contribution in [0, 0.1) is 13.8 Å². The summed E-state index contributed by atoms with van der Waals surface area (Å²) in [6, 6.07) is 10.4. The molecule has 0 saturated heterocycles. The SMILES string of the molecule is CCc1cc2c(cc3n2C[C@](C)(C(=O)NC2CCCCCC2)N(c2cccc(C)c2C)C3=O)s1. The minimum Gasteiger partial charge on any atom is -0.351 e. The molecule has 180 valence electrons. The number of thiophene rings is 1. The third-order valence-electron chi connectivity index (χ3n) is 7.87. The normalized spacial score (nSPS) is 21.5. The van der Waals surface area contributed by atoms with Crippen molar-refractivity contribution in [2.75, 3.05) is 4.90 Å². The number of rotatable bonds is 4. The molecule has 2 aromatic heterocycles. The second-order valence-corrected chi connectivity index (χ2v) is 11.4. The number of aromatic nitrogens is 1. The van der Waals surface area contributed by atoms with Crippen LogP contribution in [0.1, 0.15) is 78.9 Å². The van der Waals surface area contributed by atoms with Gasteiger partial charge in [0.15, 0.2) is 0 Å². The monoisotopic (exact) mass is 477 g/mol. The highest BCUT2D eigenvalue weighted by atomic mass is 32.1. The minimum absolute atomic E-state index is 0.0490. The lowest BCUT2D eigenvalue weighted by molar-refractivity contribution is -0.127. The van der Waals surface area contributed by atoms with Crippen molar-refractivity contribution in [3.63, 3.8) is 0 Å². The molecule has 0 bridgehead atoms. The number of hydrogen-bond donors (Lipinski definition) is 1. The molecule has 1 fully saturated rings. The molecule has 2 amide bonds. The number of nitrogens with zero attached hydrogens (tertiary/aromatic N) is 2. The van der Waals surface area contributed by atoms with Gasteiger partial charge in [-0.25, -0.2) is 0 Å². The molecule has 1 atom stereocenters. The molecule has 1 saturated carbocycles. The molecule has 1 aromatic carbocycles. The van der Waals surface area contributed by atoms with E-state index in [-0.39, 0.29) is 17.9 Å². The molecule has 6 heteroatoms. The Labute approximate surface area is 206 Å². The lowest BCUT2D eigenvalue weighted by Crippen LogP contribution is -2.65. The maximum absolute atomic E-state index is 14.1. The van der Waals surface area contributed by atoms with Gasteiger partial charge in [0.05, 0.1) is 16.8 Å². The summed E-state index contributed by atoms with van der Waals surface area (Å²) in [5.74, 6) is -0.146. The van der Waals surface area contributed by atoms with Crippen LogP contribution in [0.15, 0.2) is 30.3 Å². The first-order valence-corrected chi connectivity index (χ1v) is 13.5. The Balaban J connectivity index is 1.62. The van der Waals surface area contributed by atoms with Gasteiger partial charge in [0.2, 0.25) is 5.91 Å². The van der Waals surface area contributed by atoms with Gasteiger partial charge in [0, 0.05) is 16.6 Å². The first-order valence-electron chi connectivity index (χ1n) is 12.7. The Morgan fingerprint density at radius 3 is 2.59 bits per heavy atom. The summed E-state index contributed by atoms with van der Waals surface area (Å²) in [4.78, 5) is 31.2. The summed E-state index contributed by atoms with van der Waals surface area (Å²) in [6.07, 6.45) is 7.78. The van der Waals surface area contributed by atoms with E-state index >= 15 is 0 Å². The maximum atomic E-state index is 14.1. The van der Waals surface area contributed by atoms with Gasteiger partial charge in [-0.1, -0.05) is 44.7 Å². The fourth-order valence-electron chi connectivity index (χ4n) is 5.62. The summed E-state index contributed by atoms with van der Waals surface area (Å²) in [7, 11) is 0. The van der Waals surface area contributed by atoms with E-state index in [1.54, 1.807) is 16.2 Å². The van der Waals surface area contributed by atoms with Crippen LogP contribution in [0.3, 0.4) is 0 Å². The average Bonchev–Trinajstić information content (AvgIpc) is 3.25. The Hall–Kier alpha value is -2.60. The van der Waals surface area contributed by atoms with Crippen molar-refractivity contribution in [1.82, 2.24) is 9.88 Å². The Bertz CT molecular complexity index is 1250. The molecule has 0 unspecified atom stereocenters. The summed E-state index contributed by atoms with van der Waals surface area (Å²) in [6.45, 7) is 8.64. The second-order valence-electron chi connectivity index (χ2n) is 10.2. The van der Waals surface area contributed by atoms with Crippen LogP contribution in [-0.2, 0) is 17.8 Å². The van der Waals surface area contributed by atoms with Gasteiger partial charge in [0.25, 0.3) is 5.91 Å². The zero-order chi connectivity index (χ0) is 24.0. The van der Waals surface area contributed by atoms with Gasteiger partial charge >= 0.3 is 0 Å². The number of amides is 2. The van der Waals surface area contributed by atoms with Crippen molar-refractivity contribution in [3.8, 4) is 0 Å². The van der Waals surface area contributed by atoms with Crippen LogP contribution in [-0.4, -0.2) is 28.0 Å². The molecule has 34 heavy (non-hydrogen) atoms. The molecular weight excluding hydrogens is 442 g/mol. The molecule has 3 aromatic rings. The number of benzene rings is 1. The largest absolute Gasteiger partial charge is 0.351 e. The van der Waals surface area contributed by atoms with Gasteiger partial charge in [-0.2, -0.15) is 0 Å². The number of hydrogen-bond acceptors (Lipinski definition) is 3. The molecule has 1 N–H and O–H groups in total. The quantitative estimate of drug-likeness (QED) is 0.459. The fourth-order valence-corrected chi connectivity index (χ4v) is 6.66. The molecular formula is C28H35N3O2S. The predicted molar refractivity (Wildman–Crippen MR) is 140 cm³/mol. The summed E-state index contributed by atoms with van der Waals surface area (Å²) < 4.78 is 3.20. The fraction of sp³-hybridized carbons (Fsp3) is 0.500. The van der Waals surface area contributed by atoms with E-state index in [0.717, 1.165) is 59.1 Å². The van der Waals surface area contributed by atoms with Crippen LogP contribution in [0.25, 0.3) is 10.2 Å². The third kappa shape index (κ3) is 3.76. The van der Waals surface area contributed by atoms with E-state index in [2.05, 4.69) is 35.9 Å². The van der Waals surface area contributed by atoms with Gasteiger partial charge in [-0.15, -0.1) is 11.3 Å². The van der Waals surface area contributed by atoms with E-state index < -0.39 is 5.54 Å².